The largest absolute Gasteiger partial charge is 0.477 e. The third kappa shape index (κ3) is 4.60. The Kier molecular flexibility index (Phi) is 7.01. The monoisotopic (exact) mass is 445 g/mol. The predicted molar refractivity (Wildman–Crippen MR) is 123 cm³/mol. The number of sulfone groups is 1. The Morgan fingerprint density at radius 3 is 2.48 bits per heavy atom. The molecule has 0 fully saturated rings. The van der Waals surface area contributed by atoms with E-state index in [1.54, 1.807) is 13.2 Å². The molecule has 3 aromatic rings. The molecule has 7 nitrogen and oxygen atoms in total. The lowest BCUT2D eigenvalue weighted by Crippen LogP contribution is -2.13. The molecule has 0 saturated heterocycles. The normalized spacial score (nSPS) is 13.0. The maximum absolute atomic E-state index is 12.8. The molecule has 0 unspecified atom stereocenters. The van der Waals surface area contributed by atoms with Crippen LogP contribution < -0.4 is 4.74 Å². The average molecular weight is 446 g/mol. The summed E-state index contributed by atoms with van der Waals surface area (Å²) in [5.74, 6) is 0.404. The first-order chi connectivity index (χ1) is 14.7. The first-order valence-electron chi connectivity index (χ1n) is 10.6. The van der Waals surface area contributed by atoms with Gasteiger partial charge in [0.1, 0.15) is 0 Å². The van der Waals surface area contributed by atoms with Gasteiger partial charge < -0.3 is 14.0 Å². The van der Waals surface area contributed by atoms with Crippen LogP contribution in [0.25, 0.3) is 22.3 Å². The molecule has 168 valence electrons. The van der Waals surface area contributed by atoms with Crippen molar-refractivity contribution in [2.24, 2.45) is 0 Å². The zero-order valence-corrected chi connectivity index (χ0v) is 19.9. The van der Waals surface area contributed by atoms with Crippen LogP contribution in [0.1, 0.15) is 44.5 Å². The summed E-state index contributed by atoms with van der Waals surface area (Å²) in [6.07, 6.45) is 4.83. The molecule has 3 rings (SSSR count). The molecule has 0 aliphatic heterocycles. The maximum atomic E-state index is 12.8. The minimum Gasteiger partial charge on any atom is -0.477 e. The lowest BCUT2D eigenvalue weighted by atomic mass is 10.1. The average Bonchev–Trinajstić information content (AvgIpc) is 3.06. The van der Waals surface area contributed by atoms with Crippen molar-refractivity contribution in [3.05, 3.63) is 35.7 Å². The molecule has 0 aliphatic carbocycles. The third-order valence-corrected chi connectivity index (χ3v) is 6.50. The second-order valence-electron chi connectivity index (χ2n) is 7.65. The lowest BCUT2D eigenvalue weighted by Gasteiger charge is -2.18. The van der Waals surface area contributed by atoms with Gasteiger partial charge in [0.25, 0.3) is 0 Å². The number of hydrogen-bond acceptors (Lipinski definition) is 6. The van der Waals surface area contributed by atoms with Crippen molar-refractivity contribution in [2.45, 2.75) is 51.5 Å². The summed E-state index contributed by atoms with van der Waals surface area (Å²) >= 11 is 0. The van der Waals surface area contributed by atoms with Gasteiger partial charge in [-0.05, 0) is 50.5 Å². The highest BCUT2D eigenvalue weighted by Crippen LogP contribution is 2.36. The topological polar surface area (TPSA) is 83.3 Å². The SMILES string of the molecule is CCOc1nc(CC)ccc1-c1nc2c(C)cn([C@H](CC)COC)c2cc1S(C)(=O)=O. The number of nitrogens with zero attached hydrogens (tertiary/aromatic N) is 3. The van der Waals surface area contributed by atoms with Crippen molar-refractivity contribution in [1.29, 1.82) is 0 Å². The van der Waals surface area contributed by atoms with Crippen molar-refractivity contribution >= 4 is 20.9 Å². The second-order valence-corrected chi connectivity index (χ2v) is 9.64. The molecule has 0 amide bonds. The molecule has 8 heteroatoms. The van der Waals surface area contributed by atoms with Crippen molar-refractivity contribution in [3.63, 3.8) is 0 Å². The molecule has 3 aromatic heterocycles. The Labute approximate surface area is 184 Å². The highest BCUT2D eigenvalue weighted by Gasteiger charge is 2.24. The number of aryl methyl sites for hydroxylation is 2. The van der Waals surface area contributed by atoms with E-state index >= 15 is 0 Å². The summed E-state index contributed by atoms with van der Waals surface area (Å²) in [5, 5.41) is 0. The van der Waals surface area contributed by atoms with Gasteiger partial charge in [-0.25, -0.2) is 18.4 Å². The molecule has 0 radical (unpaired) electrons. The van der Waals surface area contributed by atoms with E-state index in [1.807, 2.05) is 39.1 Å². The number of methoxy groups -OCH3 is 1. The van der Waals surface area contributed by atoms with Crippen LogP contribution in [0.4, 0.5) is 0 Å². The highest BCUT2D eigenvalue weighted by molar-refractivity contribution is 7.90. The van der Waals surface area contributed by atoms with Crippen LogP contribution in [-0.4, -0.2) is 49.5 Å². The van der Waals surface area contributed by atoms with Crippen LogP contribution in [0.2, 0.25) is 0 Å². The lowest BCUT2D eigenvalue weighted by molar-refractivity contribution is 0.155. The Balaban J connectivity index is 2.34. The first-order valence-corrected chi connectivity index (χ1v) is 12.5. The third-order valence-electron chi connectivity index (χ3n) is 5.39. The molecule has 1 atom stereocenters. The molecule has 0 N–H and O–H groups in total. The summed E-state index contributed by atoms with van der Waals surface area (Å²) < 4.78 is 38.8. The maximum Gasteiger partial charge on any atom is 0.223 e. The number of aromatic nitrogens is 3. The standard InChI is InChI=1S/C23H31N3O4S/c1-7-16-10-11-18(23(24-16)30-9-3)22-20(31(6,27)28)12-19-21(25-22)15(4)13-26(19)17(8-2)14-29-5/h10-13,17H,7-9,14H2,1-6H3/t17-/m1/s1. The minimum absolute atomic E-state index is 0.0887. The van der Waals surface area contributed by atoms with E-state index in [1.165, 1.54) is 6.26 Å². The zero-order chi connectivity index (χ0) is 22.8. The van der Waals surface area contributed by atoms with Crippen LogP contribution in [0.5, 0.6) is 5.88 Å². The summed E-state index contributed by atoms with van der Waals surface area (Å²) in [6.45, 7) is 8.92. The molecule has 0 aromatic carbocycles. The van der Waals surface area contributed by atoms with Crippen LogP contribution >= 0.6 is 0 Å². The number of rotatable bonds is 9. The van der Waals surface area contributed by atoms with E-state index in [4.69, 9.17) is 14.5 Å². The quantitative estimate of drug-likeness (QED) is 0.486. The molecular formula is C23H31N3O4S. The Morgan fingerprint density at radius 1 is 1.16 bits per heavy atom. The van der Waals surface area contributed by atoms with Crippen LogP contribution in [0.3, 0.4) is 0 Å². The molecule has 31 heavy (non-hydrogen) atoms. The van der Waals surface area contributed by atoms with Gasteiger partial charge in [0.05, 0.1) is 46.4 Å². The Hall–Kier alpha value is -2.45. The van der Waals surface area contributed by atoms with Gasteiger partial charge in [-0.1, -0.05) is 13.8 Å². The highest BCUT2D eigenvalue weighted by atomic mass is 32.2. The van der Waals surface area contributed by atoms with E-state index in [0.717, 1.165) is 35.1 Å². The van der Waals surface area contributed by atoms with Crippen molar-refractivity contribution in [2.75, 3.05) is 26.6 Å². The number of fused-ring (bicyclic) bond motifs is 1. The smallest absolute Gasteiger partial charge is 0.223 e. The van der Waals surface area contributed by atoms with E-state index in [9.17, 15) is 8.42 Å². The molecule has 0 bridgehead atoms. The molecule has 0 aliphatic rings. The van der Waals surface area contributed by atoms with E-state index in [0.29, 0.717) is 30.4 Å². The fourth-order valence-electron chi connectivity index (χ4n) is 3.78. The van der Waals surface area contributed by atoms with Gasteiger partial charge in [-0.2, -0.15) is 0 Å². The second kappa shape index (κ2) is 9.36. The van der Waals surface area contributed by atoms with Crippen LogP contribution in [-0.2, 0) is 21.0 Å². The number of ether oxygens (including phenoxy) is 2. The van der Waals surface area contributed by atoms with Gasteiger partial charge in [0, 0.05) is 25.3 Å². The fourth-order valence-corrected chi connectivity index (χ4v) is 4.61. The van der Waals surface area contributed by atoms with Crippen molar-refractivity contribution in [1.82, 2.24) is 14.5 Å². The molecule has 0 saturated carbocycles. The Morgan fingerprint density at radius 2 is 1.90 bits per heavy atom. The molecule has 0 spiro atoms. The Bertz CT molecular complexity index is 1190. The van der Waals surface area contributed by atoms with Crippen LogP contribution in [0.15, 0.2) is 29.3 Å². The zero-order valence-electron chi connectivity index (χ0n) is 19.1. The predicted octanol–water partition coefficient (Wildman–Crippen LogP) is 4.37. The van der Waals surface area contributed by atoms with Gasteiger partial charge >= 0.3 is 0 Å². The summed E-state index contributed by atoms with van der Waals surface area (Å²) in [4.78, 5) is 9.59. The van der Waals surface area contributed by atoms with Gasteiger partial charge in [-0.3, -0.25) is 0 Å². The summed E-state index contributed by atoms with van der Waals surface area (Å²) in [7, 11) is -1.89. The van der Waals surface area contributed by atoms with Gasteiger partial charge in [0.2, 0.25) is 5.88 Å². The summed E-state index contributed by atoms with van der Waals surface area (Å²) in [6, 6.07) is 5.55. The molecule has 3 heterocycles. The minimum atomic E-state index is -3.56. The van der Waals surface area contributed by atoms with E-state index < -0.39 is 9.84 Å². The van der Waals surface area contributed by atoms with Crippen molar-refractivity contribution < 1.29 is 17.9 Å². The molecular weight excluding hydrogens is 414 g/mol. The van der Waals surface area contributed by atoms with Gasteiger partial charge in [-0.15, -0.1) is 0 Å². The van der Waals surface area contributed by atoms with E-state index in [2.05, 4.69) is 16.5 Å². The van der Waals surface area contributed by atoms with Crippen LogP contribution in [0, 0.1) is 6.92 Å². The fraction of sp³-hybridized carbons (Fsp3) is 0.478. The van der Waals surface area contributed by atoms with E-state index in [-0.39, 0.29) is 10.9 Å². The number of hydrogen-bond donors (Lipinski definition) is 0. The first kappa shape index (κ1) is 23.2. The number of pyridine rings is 2. The summed E-state index contributed by atoms with van der Waals surface area (Å²) in [5.41, 5.74) is 4.34. The van der Waals surface area contributed by atoms with Crippen molar-refractivity contribution in [3.8, 4) is 17.1 Å². The van der Waals surface area contributed by atoms with Gasteiger partial charge in [0.15, 0.2) is 9.84 Å².